The number of esters is 1. The van der Waals surface area contributed by atoms with Gasteiger partial charge in [-0.3, -0.25) is 4.79 Å². The second-order valence-electron chi connectivity index (χ2n) is 0.902. The molecule has 0 fully saturated rings. The fourth-order valence-corrected chi connectivity index (χ4v) is 0.400. The highest BCUT2D eigenvalue weighted by atomic mass is 79.9. The van der Waals surface area contributed by atoms with Gasteiger partial charge >= 0.3 is 5.97 Å². The Hall–Kier alpha value is -0.0900. The predicted molar refractivity (Wildman–Crippen MR) is 26.7 cm³/mol. The van der Waals surface area contributed by atoms with Crippen LogP contribution in [0.5, 0.6) is 0 Å². The summed E-state index contributed by atoms with van der Waals surface area (Å²) < 4.78 is 4.08. The maximum absolute atomic E-state index is 9.84. The van der Waals surface area contributed by atoms with Crippen molar-refractivity contribution in [2.45, 2.75) is 12.1 Å². The summed E-state index contributed by atoms with van der Waals surface area (Å²) in [5, 5.41) is 7.03. The maximum Gasteiger partial charge on any atom is 0.305 e. The van der Waals surface area contributed by atoms with Crippen LogP contribution in [0.25, 0.3) is 0 Å². The number of halogens is 1. The monoisotopic (exact) mass is 168 g/mol. The first-order valence-electron chi connectivity index (χ1n) is 1.62. The molecule has 1 atom stereocenters. The topological polar surface area (TPSA) is 46.5 Å². The summed E-state index contributed by atoms with van der Waals surface area (Å²) in [5.41, 5.74) is 0. The second-order valence-corrected chi connectivity index (χ2v) is 1.68. The molecule has 0 saturated heterocycles. The number of aliphatic hydroxyl groups excluding tert-OH is 1. The Bertz CT molecular complexity index is 70.6. The molecule has 0 bridgehead atoms. The van der Waals surface area contributed by atoms with Crippen molar-refractivity contribution in [3.8, 4) is 0 Å². The molecule has 0 rings (SSSR count). The van der Waals surface area contributed by atoms with Gasteiger partial charge in [0.2, 0.25) is 0 Å². The highest BCUT2D eigenvalue weighted by Crippen LogP contribution is 1.94. The molecule has 0 aromatic rings. The summed E-state index contributed by atoms with van der Waals surface area (Å²) >= 11 is 2.59. The van der Waals surface area contributed by atoms with Gasteiger partial charge in [-0.05, 0) is 15.9 Å². The third-order valence-corrected chi connectivity index (χ3v) is 0.450. The molecule has 0 aromatic carbocycles. The minimum atomic E-state index is -1.16. The van der Waals surface area contributed by atoms with Gasteiger partial charge in [-0.25, -0.2) is 0 Å². The van der Waals surface area contributed by atoms with Gasteiger partial charge in [-0.2, -0.15) is 0 Å². The Morgan fingerprint density at radius 2 is 2.43 bits per heavy atom. The molecule has 0 aromatic heterocycles. The maximum atomic E-state index is 9.84. The lowest BCUT2D eigenvalue weighted by Gasteiger charge is -1.98. The van der Waals surface area contributed by atoms with E-state index in [1.54, 1.807) is 0 Å². The first kappa shape index (κ1) is 6.91. The van der Waals surface area contributed by atoms with Crippen molar-refractivity contribution in [3.63, 3.8) is 0 Å². The van der Waals surface area contributed by atoms with Crippen LogP contribution in [0.1, 0.15) is 6.92 Å². The Labute approximate surface area is 49.4 Å². The smallest absolute Gasteiger partial charge is 0.305 e. The van der Waals surface area contributed by atoms with Crippen LogP contribution in [0.15, 0.2) is 0 Å². The quantitative estimate of drug-likeness (QED) is 0.347. The Balaban J connectivity index is 3.13. The summed E-state index contributed by atoms with van der Waals surface area (Å²) in [6, 6.07) is 0. The number of rotatable bonds is 1. The first-order chi connectivity index (χ1) is 3.13. The SMILES string of the molecule is CC(=O)OC(O)Br. The molecular formula is C3H5BrO3. The van der Waals surface area contributed by atoms with Gasteiger partial charge in [0.05, 0.1) is 0 Å². The molecule has 1 N–H and O–H groups in total. The molecule has 0 radical (unpaired) electrons. The van der Waals surface area contributed by atoms with Crippen molar-refractivity contribution in [1.29, 1.82) is 0 Å². The zero-order chi connectivity index (χ0) is 5.86. The van der Waals surface area contributed by atoms with Gasteiger partial charge in [0, 0.05) is 6.92 Å². The van der Waals surface area contributed by atoms with Crippen LogP contribution in [0.2, 0.25) is 0 Å². The number of hydrogen-bond donors (Lipinski definition) is 1. The molecule has 0 aliphatic carbocycles. The van der Waals surface area contributed by atoms with E-state index in [1.165, 1.54) is 6.92 Å². The largest absolute Gasteiger partial charge is 0.426 e. The molecule has 0 aliphatic heterocycles. The minimum Gasteiger partial charge on any atom is -0.426 e. The third kappa shape index (κ3) is 5.91. The zero-order valence-corrected chi connectivity index (χ0v) is 5.31. The molecule has 3 nitrogen and oxygen atoms in total. The summed E-state index contributed by atoms with van der Waals surface area (Å²) in [6.45, 7) is 1.21. The summed E-state index contributed by atoms with van der Waals surface area (Å²) in [5.74, 6) is -0.510. The van der Waals surface area contributed by atoms with E-state index in [2.05, 4.69) is 20.7 Å². The molecule has 1 unspecified atom stereocenters. The predicted octanol–water partition coefficient (Wildman–Crippen LogP) is 0.220. The lowest BCUT2D eigenvalue weighted by atomic mass is 10.8. The molecule has 4 heteroatoms. The summed E-state index contributed by atoms with van der Waals surface area (Å²) in [6.07, 6.45) is 0. The highest BCUT2D eigenvalue weighted by Gasteiger charge is 1.97. The molecule has 0 amide bonds. The Kier molecular flexibility index (Phi) is 2.95. The molecule has 7 heavy (non-hydrogen) atoms. The van der Waals surface area contributed by atoms with Gasteiger partial charge < -0.3 is 9.84 Å². The number of aliphatic hydroxyl groups is 1. The number of ether oxygens (including phenoxy) is 1. The van der Waals surface area contributed by atoms with E-state index in [9.17, 15) is 4.79 Å². The summed E-state index contributed by atoms with van der Waals surface area (Å²) in [4.78, 5) is 9.84. The van der Waals surface area contributed by atoms with Gasteiger partial charge in [0.15, 0.2) is 0 Å². The first-order valence-corrected chi connectivity index (χ1v) is 2.54. The van der Waals surface area contributed by atoms with E-state index in [4.69, 9.17) is 5.11 Å². The van der Waals surface area contributed by atoms with Crippen molar-refractivity contribution in [2.75, 3.05) is 0 Å². The van der Waals surface area contributed by atoms with E-state index >= 15 is 0 Å². The van der Waals surface area contributed by atoms with Crippen LogP contribution in [0, 0.1) is 0 Å². The molecular weight excluding hydrogens is 164 g/mol. The average molecular weight is 169 g/mol. The molecule has 0 saturated carbocycles. The zero-order valence-electron chi connectivity index (χ0n) is 3.72. The van der Waals surface area contributed by atoms with Gasteiger partial charge in [-0.15, -0.1) is 0 Å². The van der Waals surface area contributed by atoms with Crippen molar-refractivity contribution < 1.29 is 14.6 Å². The standard InChI is InChI=1S/C3H5BrO3/c1-2(5)7-3(4)6/h3,6H,1H3. The van der Waals surface area contributed by atoms with E-state index < -0.39 is 11.2 Å². The number of carbonyl (C=O) groups is 1. The van der Waals surface area contributed by atoms with Crippen LogP contribution < -0.4 is 0 Å². The van der Waals surface area contributed by atoms with Crippen molar-refractivity contribution in [2.24, 2.45) is 0 Å². The Morgan fingerprint density at radius 3 is 2.43 bits per heavy atom. The lowest BCUT2D eigenvalue weighted by Crippen LogP contribution is -2.06. The number of carbonyl (C=O) groups excluding carboxylic acids is 1. The van der Waals surface area contributed by atoms with E-state index in [0.29, 0.717) is 0 Å². The fraction of sp³-hybridized carbons (Fsp3) is 0.667. The number of hydrogen-bond acceptors (Lipinski definition) is 3. The van der Waals surface area contributed by atoms with Crippen LogP contribution in [-0.2, 0) is 9.53 Å². The van der Waals surface area contributed by atoms with Gasteiger partial charge in [0.25, 0.3) is 5.20 Å². The van der Waals surface area contributed by atoms with Crippen LogP contribution in [0.3, 0.4) is 0 Å². The van der Waals surface area contributed by atoms with E-state index in [1.807, 2.05) is 0 Å². The van der Waals surface area contributed by atoms with Crippen molar-refractivity contribution >= 4 is 21.9 Å². The molecule has 0 aliphatic rings. The molecule has 0 spiro atoms. The normalized spacial score (nSPS) is 13.0. The van der Waals surface area contributed by atoms with Crippen LogP contribution in [-0.4, -0.2) is 16.3 Å². The lowest BCUT2D eigenvalue weighted by molar-refractivity contribution is -0.152. The van der Waals surface area contributed by atoms with E-state index in [0.717, 1.165) is 0 Å². The third-order valence-electron chi connectivity index (χ3n) is 0.263. The van der Waals surface area contributed by atoms with Crippen LogP contribution >= 0.6 is 15.9 Å². The summed E-state index contributed by atoms with van der Waals surface area (Å²) in [7, 11) is 0. The van der Waals surface area contributed by atoms with Crippen LogP contribution in [0.4, 0.5) is 0 Å². The van der Waals surface area contributed by atoms with Gasteiger partial charge in [0.1, 0.15) is 0 Å². The number of alkyl halides is 1. The molecule has 0 heterocycles. The fourth-order valence-electron chi connectivity index (χ4n) is 0.137. The Morgan fingerprint density at radius 1 is 2.00 bits per heavy atom. The van der Waals surface area contributed by atoms with Crippen molar-refractivity contribution in [3.05, 3.63) is 0 Å². The second kappa shape index (κ2) is 2.98. The highest BCUT2D eigenvalue weighted by molar-refractivity contribution is 9.09. The van der Waals surface area contributed by atoms with Crippen molar-refractivity contribution in [1.82, 2.24) is 0 Å². The van der Waals surface area contributed by atoms with E-state index in [-0.39, 0.29) is 0 Å². The average Bonchev–Trinajstić information content (AvgIpc) is 1.27. The molecule has 42 valence electrons. The van der Waals surface area contributed by atoms with Gasteiger partial charge in [-0.1, -0.05) is 0 Å². The minimum absolute atomic E-state index is 0.510.